The second-order valence-corrected chi connectivity index (χ2v) is 16.7. The van der Waals surface area contributed by atoms with Crippen LogP contribution >= 0.6 is 57.5 Å². The number of anilines is 1. The number of hydrogen-bond donors (Lipinski definition) is 3. The highest BCUT2D eigenvalue weighted by Gasteiger charge is 2.32. The molecule has 6 rings (SSSR count). The van der Waals surface area contributed by atoms with Gasteiger partial charge in [0, 0.05) is 51.5 Å². The Bertz CT molecular complexity index is 2290. The van der Waals surface area contributed by atoms with Crippen molar-refractivity contribution < 1.29 is 28.6 Å². The van der Waals surface area contributed by atoms with Crippen LogP contribution in [0.1, 0.15) is 58.5 Å². The van der Waals surface area contributed by atoms with Crippen molar-refractivity contribution in [1.29, 1.82) is 0 Å². The van der Waals surface area contributed by atoms with Crippen LogP contribution in [-0.4, -0.2) is 95.9 Å². The fourth-order valence-electron chi connectivity index (χ4n) is 6.07. The zero-order chi connectivity index (χ0) is 41.9. The number of thiazole rings is 1. The number of hydrogen-bond acceptors (Lipinski definition) is 12. The molecule has 312 valence electrons. The van der Waals surface area contributed by atoms with Crippen LogP contribution in [0.2, 0.25) is 15.1 Å². The normalized spacial score (nSPS) is 13.3. The molecule has 0 radical (unpaired) electrons. The Morgan fingerprint density at radius 3 is 2.29 bits per heavy atom. The first-order valence-corrected chi connectivity index (χ1v) is 21.6. The second kappa shape index (κ2) is 21.3. The number of aliphatic imine (C=N–C) groups is 1. The lowest BCUT2D eigenvalue weighted by atomic mass is 9.99. The van der Waals surface area contributed by atoms with Gasteiger partial charge in [0.1, 0.15) is 34.3 Å². The molecule has 3 aromatic heterocycles. The van der Waals surface area contributed by atoms with E-state index in [-0.39, 0.29) is 50.4 Å². The molecule has 5 aromatic rings. The van der Waals surface area contributed by atoms with Gasteiger partial charge in [0.2, 0.25) is 17.7 Å². The molecule has 0 spiro atoms. The van der Waals surface area contributed by atoms with Gasteiger partial charge in [-0.3, -0.25) is 23.9 Å². The van der Waals surface area contributed by atoms with E-state index in [0.717, 1.165) is 38.8 Å². The molecule has 0 saturated carbocycles. The van der Waals surface area contributed by atoms with Gasteiger partial charge in [-0.25, -0.2) is 4.98 Å². The van der Waals surface area contributed by atoms with Crippen LogP contribution in [0.3, 0.4) is 0 Å². The van der Waals surface area contributed by atoms with E-state index in [9.17, 15) is 14.4 Å². The van der Waals surface area contributed by atoms with Crippen molar-refractivity contribution in [3.8, 4) is 15.6 Å². The summed E-state index contributed by atoms with van der Waals surface area (Å²) in [6, 6.07) is 12.2. The lowest BCUT2D eigenvalue weighted by Gasteiger charge is -2.13. The van der Waals surface area contributed by atoms with E-state index < -0.39 is 6.04 Å². The molecule has 4 heterocycles. The quantitative estimate of drug-likeness (QED) is 0.0678. The third kappa shape index (κ3) is 11.9. The van der Waals surface area contributed by atoms with Crippen LogP contribution in [0.25, 0.3) is 15.6 Å². The number of nitrogens with one attached hydrogen (secondary N) is 3. The Morgan fingerprint density at radius 2 is 1.53 bits per heavy atom. The first-order valence-electron chi connectivity index (χ1n) is 18.8. The predicted octanol–water partition coefficient (Wildman–Crippen LogP) is 7.32. The number of carbonyl (C=O) groups excluding carboxylic acids is 3. The number of ether oxygens (including phenoxy) is 3. The summed E-state index contributed by atoms with van der Waals surface area (Å²) in [7, 11) is 0. The Balaban J connectivity index is 0.815. The summed E-state index contributed by atoms with van der Waals surface area (Å²) < 4.78 is 18.5. The Labute approximate surface area is 364 Å². The topological polar surface area (TPSA) is 171 Å². The van der Waals surface area contributed by atoms with Crippen molar-refractivity contribution >= 4 is 86.7 Å². The summed E-state index contributed by atoms with van der Waals surface area (Å²) in [5, 5.41) is 22.2. The Kier molecular flexibility index (Phi) is 16.0. The van der Waals surface area contributed by atoms with Crippen LogP contribution in [-0.2, 0) is 28.6 Å². The zero-order valence-electron chi connectivity index (χ0n) is 32.6. The summed E-state index contributed by atoms with van der Waals surface area (Å²) in [6.45, 7) is 8.05. The molecule has 1 aliphatic rings. The molecule has 3 N–H and O–H groups in total. The van der Waals surface area contributed by atoms with Gasteiger partial charge in [-0.15, -0.1) is 32.9 Å². The zero-order valence-corrected chi connectivity index (χ0v) is 36.5. The molecule has 59 heavy (non-hydrogen) atoms. The molecule has 0 saturated heterocycles. The Morgan fingerprint density at radius 1 is 0.814 bits per heavy atom. The first kappa shape index (κ1) is 44.3. The van der Waals surface area contributed by atoms with E-state index in [4.69, 9.17) is 54.0 Å². The van der Waals surface area contributed by atoms with Gasteiger partial charge >= 0.3 is 0 Å². The highest BCUT2D eigenvalue weighted by atomic mass is 35.5. The van der Waals surface area contributed by atoms with Crippen LogP contribution in [0.4, 0.5) is 5.82 Å². The SMILES string of the molecule is Cc1sc2c(c1C)C(c1ccc(Cl)cc1)=N[C@@H](CC(=O)NCCOCCOCCOCC(=O)NCCCC(=O)Nc1csc(-c3ccc(Cl)c(Cl)c3)n1)c1nnc(C)n1-2. The van der Waals surface area contributed by atoms with E-state index in [0.29, 0.717) is 71.0 Å². The van der Waals surface area contributed by atoms with Gasteiger partial charge < -0.3 is 30.2 Å². The van der Waals surface area contributed by atoms with Crippen LogP contribution in [0.15, 0.2) is 52.8 Å². The smallest absolute Gasteiger partial charge is 0.245 e. The molecule has 0 aliphatic carbocycles. The minimum Gasteiger partial charge on any atom is -0.377 e. The molecule has 0 unspecified atom stereocenters. The average Bonchev–Trinajstić information content (AvgIpc) is 3.89. The van der Waals surface area contributed by atoms with Crippen LogP contribution in [0, 0.1) is 20.8 Å². The lowest BCUT2D eigenvalue weighted by molar-refractivity contribution is -0.126. The highest BCUT2D eigenvalue weighted by Crippen LogP contribution is 2.39. The van der Waals surface area contributed by atoms with Crippen LogP contribution < -0.4 is 16.0 Å². The van der Waals surface area contributed by atoms with Crippen LogP contribution in [0.5, 0.6) is 0 Å². The number of rotatable bonds is 20. The van der Waals surface area contributed by atoms with Crippen molar-refractivity contribution in [1.82, 2.24) is 30.4 Å². The van der Waals surface area contributed by atoms with E-state index in [1.165, 1.54) is 16.2 Å². The minimum absolute atomic E-state index is 0.0822. The summed E-state index contributed by atoms with van der Waals surface area (Å²) in [5.41, 5.74) is 4.63. The van der Waals surface area contributed by atoms with E-state index >= 15 is 0 Å². The van der Waals surface area contributed by atoms with Gasteiger partial charge in [0.05, 0.1) is 55.2 Å². The molecule has 3 amide bonds. The van der Waals surface area contributed by atoms with Gasteiger partial charge in [-0.05, 0) is 57.0 Å². The summed E-state index contributed by atoms with van der Waals surface area (Å²) in [5.74, 6) is 1.11. The summed E-state index contributed by atoms with van der Waals surface area (Å²) >= 11 is 21.3. The fourth-order valence-corrected chi connectivity index (χ4v) is 8.46. The second-order valence-electron chi connectivity index (χ2n) is 13.4. The standard InChI is InChI=1S/C40H43Cl3N8O6S2/c1-23-24(2)59-40-36(23)37(26-6-9-28(41)10-7-26)46-31(38-50-49-25(3)51(38)40)20-34(53)45-13-14-55-15-16-56-17-18-57-21-35(54)44-12-4-5-33(52)47-32-22-58-39(48-32)27-8-11-29(42)30(43)19-27/h6-11,19,22,31H,4-5,12-18,20-21H2,1-3H3,(H,44,54)(H,45,53)(H,47,52)/t31-/m0/s1. The van der Waals surface area contributed by atoms with E-state index in [1.54, 1.807) is 28.8 Å². The number of fused-ring (bicyclic) bond motifs is 3. The van der Waals surface area contributed by atoms with Gasteiger partial charge in [0.25, 0.3) is 0 Å². The summed E-state index contributed by atoms with van der Waals surface area (Å²) in [6.07, 6.45) is 0.750. The largest absolute Gasteiger partial charge is 0.377 e. The van der Waals surface area contributed by atoms with E-state index in [2.05, 4.69) is 45.0 Å². The third-order valence-electron chi connectivity index (χ3n) is 9.12. The number of halogens is 3. The molecule has 1 atom stereocenters. The average molecular weight is 902 g/mol. The third-order valence-corrected chi connectivity index (χ3v) is 12.2. The van der Waals surface area contributed by atoms with Gasteiger partial charge in [0.15, 0.2) is 5.82 Å². The van der Waals surface area contributed by atoms with Gasteiger partial charge in [-0.1, -0.05) is 53.0 Å². The molecule has 19 heteroatoms. The number of aromatic nitrogens is 4. The monoisotopic (exact) mass is 900 g/mol. The first-order chi connectivity index (χ1) is 28.5. The number of thiophene rings is 1. The molecule has 0 fully saturated rings. The minimum atomic E-state index is -0.560. The maximum absolute atomic E-state index is 13.2. The van der Waals surface area contributed by atoms with E-state index in [1.807, 2.05) is 41.8 Å². The predicted molar refractivity (Wildman–Crippen MR) is 232 cm³/mol. The molecular weight excluding hydrogens is 859 g/mol. The number of amides is 3. The fraction of sp³-hybridized carbons (Fsp3) is 0.375. The van der Waals surface area contributed by atoms with Crippen molar-refractivity contribution in [3.05, 3.63) is 96.1 Å². The number of nitrogens with zero attached hydrogens (tertiary/aromatic N) is 5. The van der Waals surface area contributed by atoms with Crippen molar-refractivity contribution in [2.75, 3.05) is 58.0 Å². The maximum atomic E-state index is 13.2. The molecule has 14 nitrogen and oxygen atoms in total. The van der Waals surface area contributed by atoms with Crippen molar-refractivity contribution in [2.24, 2.45) is 4.99 Å². The molecule has 1 aliphatic heterocycles. The highest BCUT2D eigenvalue weighted by molar-refractivity contribution is 7.15. The maximum Gasteiger partial charge on any atom is 0.245 e. The van der Waals surface area contributed by atoms with Crippen molar-refractivity contribution in [2.45, 2.75) is 46.1 Å². The summed E-state index contributed by atoms with van der Waals surface area (Å²) in [4.78, 5) is 48.3. The lowest BCUT2D eigenvalue weighted by Crippen LogP contribution is -2.29. The number of benzene rings is 2. The van der Waals surface area contributed by atoms with Crippen molar-refractivity contribution in [3.63, 3.8) is 0 Å². The van der Waals surface area contributed by atoms with Gasteiger partial charge in [-0.2, -0.15) is 0 Å². The number of carbonyl (C=O) groups is 3. The molecule has 0 bridgehead atoms. The number of aryl methyl sites for hydroxylation is 2. The molecule has 2 aromatic carbocycles. The Hall–Kier alpha value is -4.26. The molecular formula is C40H43Cl3N8O6S2.